The molecule has 112 valence electrons. The third-order valence-electron chi connectivity index (χ3n) is 3.61. The molecule has 3 rings (SSSR count). The standard InChI is InChI=1S/C14H18N4O2S/c1-3-18-8-10(7-15-18)13-11(4-5-20-13)14(19)16-12-6-9(2)17-21-12/h6-8,11,13H,3-5H2,1-2H3,(H,16,19)/t11-,13+/m0/s1. The number of nitrogens with one attached hydrogen (secondary N) is 1. The van der Waals surface area contributed by atoms with E-state index in [9.17, 15) is 4.79 Å². The van der Waals surface area contributed by atoms with E-state index in [4.69, 9.17) is 4.74 Å². The molecule has 0 saturated carbocycles. The molecule has 6 nitrogen and oxygen atoms in total. The molecule has 2 aromatic rings. The maximum absolute atomic E-state index is 12.4. The zero-order valence-corrected chi connectivity index (χ0v) is 12.9. The monoisotopic (exact) mass is 306 g/mol. The smallest absolute Gasteiger partial charge is 0.231 e. The van der Waals surface area contributed by atoms with Crippen LogP contribution in [0, 0.1) is 12.8 Å². The van der Waals surface area contributed by atoms with Crippen molar-refractivity contribution in [2.75, 3.05) is 11.9 Å². The number of hydrogen-bond donors (Lipinski definition) is 1. The second-order valence-electron chi connectivity index (χ2n) is 5.14. The highest BCUT2D eigenvalue weighted by atomic mass is 32.1. The lowest BCUT2D eigenvalue weighted by Crippen LogP contribution is -2.24. The summed E-state index contributed by atoms with van der Waals surface area (Å²) in [6.45, 7) is 5.35. The maximum atomic E-state index is 12.4. The van der Waals surface area contributed by atoms with Gasteiger partial charge < -0.3 is 10.1 Å². The molecule has 0 radical (unpaired) electrons. The van der Waals surface area contributed by atoms with E-state index < -0.39 is 0 Å². The van der Waals surface area contributed by atoms with Crippen LogP contribution < -0.4 is 5.32 Å². The van der Waals surface area contributed by atoms with E-state index in [1.807, 2.05) is 30.8 Å². The van der Waals surface area contributed by atoms with Gasteiger partial charge in [-0.05, 0) is 37.9 Å². The van der Waals surface area contributed by atoms with Crippen LogP contribution in [-0.4, -0.2) is 26.7 Å². The first-order valence-electron chi connectivity index (χ1n) is 7.05. The van der Waals surface area contributed by atoms with Crippen molar-refractivity contribution in [1.29, 1.82) is 0 Å². The van der Waals surface area contributed by atoms with Gasteiger partial charge in [-0.3, -0.25) is 9.48 Å². The average molecular weight is 306 g/mol. The van der Waals surface area contributed by atoms with Gasteiger partial charge in [0.05, 0.1) is 23.9 Å². The van der Waals surface area contributed by atoms with Crippen molar-refractivity contribution < 1.29 is 9.53 Å². The van der Waals surface area contributed by atoms with Gasteiger partial charge in [-0.15, -0.1) is 0 Å². The lowest BCUT2D eigenvalue weighted by atomic mass is 9.96. The largest absolute Gasteiger partial charge is 0.373 e. The van der Waals surface area contributed by atoms with E-state index in [2.05, 4.69) is 14.8 Å². The minimum Gasteiger partial charge on any atom is -0.373 e. The van der Waals surface area contributed by atoms with Gasteiger partial charge in [-0.1, -0.05) is 0 Å². The van der Waals surface area contributed by atoms with Crippen molar-refractivity contribution in [3.8, 4) is 0 Å². The maximum Gasteiger partial charge on any atom is 0.231 e. The molecule has 1 saturated heterocycles. The normalized spacial score (nSPS) is 21.6. The fourth-order valence-corrected chi connectivity index (χ4v) is 3.19. The van der Waals surface area contributed by atoms with E-state index >= 15 is 0 Å². The van der Waals surface area contributed by atoms with Crippen molar-refractivity contribution in [3.05, 3.63) is 29.7 Å². The van der Waals surface area contributed by atoms with Gasteiger partial charge in [0.15, 0.2) is 0 Å². The second-order valence-corrected chi connectivity index (χ2v) is 5.94. The van der Waals surface area contributed by atoms with Crippen LogP contribution in [0.4, 0.5) is 5.00 Å². The van der Waals surface area contributed by atoms with Crippen molar-refractivity contribution in [1.82, 2.24) is 14.2 Å². The molecule has 0 unspecified atom stereocenters. The molecule has 7 heteroatoms. The summed E-state index contributed by atoms with van der Waals surface area (Å²) in [4.78, 5) is 12.4. The Morgan fingerprint density at radius 1 is 1.62 bits per heavy atom. The lowest BCUT2D eigenvalue weighted by molar-refractivity contribution is -0.121. The van der Waals surface area contributed by atoms with Gasteiger partial charge in [-0.25, -0.2) is 0 Å². The van der Waals surface area contributed by atoms with Crippen molar-refractivity contribution >= 4 is 22.4 Å². The summed E-state index contributed by atoms with van der Waals surface area (Å²) in [5.41, 5.74) is 1.88. The van der Waals surface area contributed by atoms with Crippen molar-refractivity contribution in [3.63, 3.8) is 0 Å². The minimum atomic E-state index is -0.209. The van der Waals surface area contributed by atoms with Crippen LogP contribution in [0.3, 0.4) is 0 Å². The molecule has 0 spiro atoms. The fraction of sp³-hybridized carbons (Fsp3) is 0.500. The SMILES string of the molecule is CCn1cc([C@H]2OCC[C@@H]2C(=O)Nc2cc(C)ns2)cn1. The summed E-state index contributed by atoms with van der Waals surface area (Å²) in [6.07, 6.45) is 4.26. The number of anilines is 1. The van der Waals surface area contributed by atoms with Gasteiger partial charge in [0, 0.05) is 24.9 Å². The first-order valence-corrected chi connectivity index (χ1v) is 7.83. The molecular formula is C14H18N4O2S. The molecule has 21 heavy (non-hydrogen) atoms. The summed E-state index contributed by atoms with van der Waals surface area (Å²) in [5, 5.41) is 7.98. The van der Waals surface area contributed by atoms with Gasteiger partial charge >= 0.3 is 0 Å². The zero-order valence-electron chi connectivity index (χ0n) is 12.1. The molecule has 0 aliphatic carbocycles. The van der Waals surface area contributed by atoms with Gasteiger partial charge in [0.1, 0.15) is 5.00 Å². The number of hydrogen-bond acceptors (Lipinski definition) is 5. The molecule has 0 bridgehead atoms. The van der Waals surface area contributed by atoms with Crippen molar-refractivity contribution in [2.24, 2.45) is 5.92 Å². The Labute approximate surface area is 127 Å². The number of amides is 1. The van der Waals surface area contributed by atoms with E-state index in [1.165, 1.54) is 11.5 Å². The van der Waals surface area contributed by atoms with Crippen LogP contribution in [0.25, 0.3) is 0 Å². The van der Waals surface area contributed by atoms with Gasteiger partial charge in [-0.2, -0.15) is 9.47 Å². The predicted octanol–water partition coefficient (Wildman–Crippen LogP) is 2.38. The molecule has 1 N–H and O–H groups in total. The highest BCUT2D eigenvalue weighted by Gasteiger charge is 2.36. The number of ether oxygens (including phenoxy) is 1. The Morgan fingerprint density at radius 2 is 2.48 bits per heavy atom. The van der Waals surface area contributed by atoms with Crippen LogP contribution in [0.5, 0.6) is 0 Å². The van der Waals surface area contributed by atoms with Crippen molar-refractivity contribution in [2.45, 2.75) is 32.9 Å². The number of aromatic nitrogens is 3. The fourth-order valence-electron chi connectivity index (χ4n) is 2.52. The van der Waals surface area contributed by atoms with Crippen LogP contribution >= 0.6 is 11.5 Å². The molecule has 1 aliphatic heterocycles. The molecule has 3 heterocycles. The van der Waals surface area contributed by atoms with E-state index in [0.29, 0.717) is 6.61 Å². The average Bonchev–Trinajstić information content (AvgIpc) is 3.17. The topological polar surface area (TPSA) is 69.0 Å². The second kappa shape index (κ2) is 5.95. The zero-order chi connectivity index (χ0) is 14.8. The molecule has 2 aromatic heterocycles. The summed E-state index contributed by atoms with van der Waals surface area (Å²) < 4.78 is 11.8. The quantitative estimate of drug-likeness (QED) is 0.941. The highest BCUT2D eigenvalue weighted by molar-refractivity contribution is 7.10. The molecule has 1 amide bonds. The first kappa shape index (κ1) is 14.2. The predicted molar refractivity (Wildman–Crippen MR) is 80.2 cm³/mol. The van der Waals surface area contributed by atoms with E-state index in [-0.39, 0.29) is 17.9 Å². The molecular weight excluding hydrogens is 288 g/mol. The number of aryl methyl sites for hydroxylation is 2. The van der Waals surface area contributed by atoms with Crippen LogP contribution in [-0.2, 0) is 16.1 Å². The van der Waals surface area contributed by atoms with Gasteiger partial charge in [0.25, 0.3) is 0 Å². The van der Waals surface area contributed by atoms with Crippen LogP contribution in [0.15, 0.2) is 18.5 Å². The third-order valence-corrected chi connectivity index (χ3v) is 4.40. The van der Waals surface area contributed by atoms with Crippen LogP contribution in [0.2, 0.25) is 0 Å². The van der Waals surface area contributed by atoms with Crippen LogP contribution in [0.1, 0.15) is 30.7 Å². The Hall–Kier alpha value is -1.73. The number of nitrogens with zero attached hydrogens (tertiary/aromatic N) is 3. The Kier molecular flexibility index (Phi) is 4.03. The minimum absolute atomic E-state index is 0.00889. The van der Waals surface area contributed by atoms with E-state index in [1.54, 1.807) is 6.20 Å². The number of carbonyl (C=O) groups is 1. The first-order chi connectivity index (χ1) is 10.2. The lowest BCUT2D eigenvalue weighted by Gasteiger charge is -2.16. The molecule has 1 fully saturated rings. The summed E-state index contributed by atoms with van der Waals surface area (Å²) in [7, 11) is 0. The number of carbonyl (C=O) groups excluding carboxylic acids is 1. The summed E-state index contributed by atoms with van der Waals surface area (Å²) in [5.74, 6) is -0.188. The molecule has 1 aliphatic rings. The highest BCUT2D eigenvalue weighted by Crippen LogP contribution is 2.35. The Bertz CT molecular complexity index is 636. The molecule has 0 aromatic carbocycles. The van der Waals surface area contributed by atoms with Gasteiger partial charge in [0.2, 0.25) is 5.91 Å². The number of rotatable bonds is 4. The van der Waals surface area contributed by atoms with E-state index in [0.717, 1.165) is 29.2 Å². The third kappa shape index (κ3) is 2.98. The summed E-state index contributed by atoms with van der Waals surface area (Å²) >= 11 is 1.30. The summed E-state index contributed by atoms with van der Waals surface area (Å²) in [6, 6.07) is 1.88. The molecule has 2 atom stereocenters. The Morgan fingerprint density at radius 3 is 3.14 bits per heavy atom. The Balaban J connectivity index is 1.72.